The minimum Gasteiger partial charge on any atom is -0.489 e. The van der Waals surface area contributed by atoms with Crippen LogP contribution in [0.25, 0.3) is 0 Å². The maximum atomic E-state index is 13.0. The number of thiophene rings is 1. The third kappa shape index (κ3) is 4.94. The first-order chi connectivity index (χ1) is 13.3. The Morgan fingerprint density at radius 2 is 1.89 bits per heavy atom. The largest absolute Gasteiger partial charge is 0.489 e. The normalized spacial score (nSPS) is 15.6. The predicted molar refractivity (Wildman–Crippen MR) is 115 cm³/mol. The number of halogens is 1. The van der Waals surface area contributed by atoms with Gasteiger partial charge in [0.25, 0.3) is 5.91 Å². The molecule has 152 valence electrons. The van der Waals surface area contributed by atoms with Crippen LogP contribution < -0.4 is 10.1 Å². The van der Waals surface area contributed by atoms with Crippen LogP contribution in [0.2, 0.25) is 0 Å². The average Bonchev–Trinajstić information content (AvgIpc) is 3.10. The highest BCUT2D eigenvalue weighted by atomic mass is 79.9. The quantitative estimate of drug-likeness (QED) is 0.640. The third-order valence-electron chi connectivity index (χ3n) is 4.31. The number of benzene rings is 1. The summed E-state index contributed by atoms with van der Waals surface area (Å²) in [5.41, 5.74) is 0.348. The Bertz CT molecular complexity index is 951. The maximum Gasteiger partial charge on any atom is 0.265 e. The molecule has 0 aliphatic carbocycles. The van der Waals surface area contributed by atoms with E-state index in [1.165, 1.54) is 21.7 Å². The number of amides is 1. The van der Waals surface area contributed by atoms with E-state index >= 15 is 0 Å². The molecule has 2 aromatic rings. The van der Waals surface area contributed by atoms with Crippen LogP contribution in [-0.4, -0.2) is 37.8 Å². The number of nitrogens with one attached hydrogen (secondary N) is 1. The van der Waals surface area contributed by atoms with Crippen molar-refractivity contribution < 1.29 is 17.9 Å². The van der Waals surface area contributed by atoms with E-state index in [4.69, 9.17) is 4.74 Å². The van der Waals surface area contributed by atoms with E-state index in [9.17, 15) is 13.2 Å². The minimum atomic E-state index is -3.60. The monoisotopic (exact) mass is 486 g/mol. The summed E-state index contributed by atoms with van der Waals surface area (Å²) in [6.07, 6.45) is 2.66. The molecule has 1 aliphatic heterocycles. The summed E-state index contributed by atoms with van der Waals surface area (Å²) in [7, 11) is -3.60. The summed E-state index contributed by atoms with van der Waals surface area (Å²) < 4.78 is 34.1. The van der Waals surface area contributed by atoms with Crippen LogP contribution in [-0.2, 0) is 10.0 Å². The number of sulfonamides is 1. The lowest BCUT2D eigenvalue weighted by molar-refractivity contribution is 0.102. The second kappa shape index (κ2) is 8.94. The molecule has 1 N–H and O–H groups in total. The van der Waals surface area contributed by atoms with Gasteiger partial charge in [-0.15, -0.1) is 11.3 Å². The van der Waals surface area contributed by atoms with Crippen molar-refractivity contribution in [2.24, 2.45) is 0 Å². The Morgan fingerprint density at radius 1 is 1.18 bits per heavy atom. The second-order valence-corrected chi connectivity index (χ2v) is 11.2. The number of piperidine rings is 1. The lowest BCUT2D eigenvalue weighted by atomic mass is 10.2. The van der Waals surface area contributed by atoms with Crippen LogP contribution in [0.1, 0.15) is 42.8 Å². The van der Waals surface area contributed by atoms with Crippen LogP contribution in [0.15, 0.2) is 39.0 Å². The van der Waals surface area contributed by atoms with Gasteiger partial charge >= 0.3 is 0 Å². The first-order valence-corrected chi connectivity index (χ1v) is 12.2. The van der Waals surface area contributed by atoms with E-state index in [1.807, 2.05) is 13.8 Å². The molecule has 1 fully saturated rings. The molecule has 0 radical (unpaired) electrons. The van der Waals surface area contributed by atoms with E-state index in [-0.39, 0.29) is 16.9 Å². The van der Waals surface area contributed by atoms with Crippen LogP contribution in [0.3, 0.4) is 0 Å². The zero-order valence-electron chi connectivity index (χ0n) is 15.8. The number of ether oxygens (including phenoxy) is 1. The highest BCUT2D eigenvalue weighted by molar-refractivity contribution is 9.11. The standard InChI is InChI=1S/C19H23BrN2O4S2/c1-13(2)26-16-7-6-14(28(24,25)22-10-4-3-5-11-22)12-15(16)21-19(23)17-8-9-18(20)27-17/h6-9,12-13H,3-5,10-11H2,1-2H3,(H,21,23). The first kappa shape index (κ1) is 21.3. The number of hydrogen-bond acceptors (Lipinski definition) is 5. The van der Waals surface area contributed by atoms with Crippen molar-refractivity contribution in [3.63, 3.8) is 0 Å². The van der Waals surface area contributed by atoms with Gasteiger partial charge in [-0.2, -0.15) is 4.31 Å². The molecule has 2 heterocycles. The highest BCUT2D eigenvalue weighted by Gasteiger charge is 2.27. The zero-order valence-corrected chi connectivity index (χ0v) is 19.0. The van der Waals surface area contributed by atoms with Gasteiger partial charge < -0.3 is 10.1 Å². The molecule has 9 heteroatoms. The van der Waals surface area contributed by atoms with Gasteiger partial charge in [0.15, 0.2) is 0 Å². The molecular formula is C19H23BrN2O4S2. The Kier molecular flexibility index (Phi) is 6.80. The van der Waals surface area contributed by atoms with E-state index in [2.05, 4.69) is 21.2 Å². The number of anilines is 1. The Labute approximate surface area is 178 Å². The van der Waals surface area contributed by atoms with Crippen molar-refractivity contribution in [1.29, 1.82) is 0 Å². The van der Waals surface area contributed by atoms with E-state index in [0.717, 1.165) is 23.0 Å². The fraction of sp³-hybridized carbons (Fsp3) is 0.421. The molecule has 28 heavy (non-hydrogen) atoms. The van der Waals surface area contributed by atoms with Crippen LogP contribution >= 0.6 is 27.3 Å². The number of hydrogen-bond donors (Lipinski definition) is 1. The Balaban J connectivity index is 1.93. The average molecular weight is 487 g/mol. The first-order valence-electron chi connectivity index (χ1n) is 9.15. The van der Waals surface area contributed by atoms with Gasteiger partial charge in [-0.1, -0.05) is 6.42 Å². The van der Waals surface area contributed by atoms with Gasteiger partial charge in [-0.3, -0.25) is 4.79 Å². The lowest BCUT2D eigenvalue weighted by Gasteiger charge is -2.26. The summed E-state index contributed by atoms with van der Waals surface area (Å²) in [5, 5.41) is 2.80. The lowest BCUT2D eigenvalue weighted by Crippen LogP contribution is -2.35. The molecule has 6 nitrogen and oxygen atoms in total. The van der Waals surface area contributed by atoms with Gasteiger partial charge in [0.1, 0.15) is 5.75 Å². The zero-order chi connectivity index (χ0) is 20.3. The number of rotatable bonds is 6. The highest BCUT2D eigenvalue weighted by Crippen LogP contribution is 2.32. The molecule has 3 rings (SSSR count). The smallest absolute Gasteiger partial charge is 0.265 e. The Hall–Kier alpha value is -1.42. The number of carbonyl (C=O) groups is 1. The molecule has 0 unspecified atom stereocenters. The van der Waals surface area contributed by atoms with Crippen LogP contribution in [0, 0.1) is 0 Å². The summed E-state index contributed by atoms with van der Waals surface area (Å²) in [6, 6.07) is 8.14. The number of nitrogens with zero attached hydrogens (tertiary/aromatic N) is 1. The molecule has 0 spiro atoms. The number of carbonyl (C=O) groups excluding carboxylic acids is 1. The van der Waals surface area contributed by atoms with Crippen LogP contribution in [0.4, 0.5) is 5.69 Å². The van der Waals surface area contributed by atoms with E-state index in [0.29, 0.717) is 29.4 Å². The topological polar surface area (TPSA) is 75.7 Å². The predicted octanol–water partition coefficient (Wildman–Crippen LogP) is 4.72. The van der Waals surface area contributed by atoms with Gasteiger partial charge in [0, 0.05) is 13.1 Å². The molecule has 0 bridgehead atoms. The fourth-order valence-corrected chi connectivity index (χ4v) is 5.82. The maximum absolute atomic E-state index is 13.0. The molecular weight excluding hydrogens is 464 g/mol. The molecule has 1 saturated heterocycles. The molecule has 1 amide bonds. The summed E-state index contributed by atoms with van der Waals surface area (Å²) in [5.74, 6) is 0.133. The van der Waals surface area contributed by atoms with Crippen LogP contribution in [0.5, 0.6) is 5.75 Å². The van der Waals surface area contributed by atoms with Crippen molar-refractivity contribution in [1.82, 2.24) is 4.31 Å². The Morgan fingerprint density at radius 3 is 2.50 bits per heavy atom. The minimum absolute atomic E-state index is 0.115. The van der Waals surface area contributed by atoms with Gasteiger partial charge in [0.2, 0.25) is 10.0 Å². The summed E-state index contributed by atoms with van der Waals surface area (Å²) in [6.45, 7) is 4.80. The van der Waals surface area contributed by atoms with Gasteiger partial charge in [-0.25, -0.2) is 8.42 Å². The SMILES string of the molecule is CC(C)Oc1ccc(S(=O)(=O)N2CCCCC2)cc1NC(=O)c1ccc(Br)s1. The molecule has 1 aromatic carbocycles. The van der Waals surface area contributed by atoms with Crippen molar-refractivity contribution in [2.75, 3.05) is 18.4 Å². The molecule has 0 atom stereocenters. The van der Waals surface area contributed by atoms with Gasteiger partial charge in [0.05, 0.1) is 25.4 Å². The fourth-order valence-electron chi connectivity index (χ4n) is 3.00. The second-order valence-electron chi connectivity index (χ2n) is 6.85. The summed E-state index contributed by atoms with van der Waals surface area (Å²) >= 11 is 4.65. The van der Waals surface area contributed by atoms with Gasteiger partial charge in [-0.05, 0) is 73.0 Å². The van der Waals surface area contributed by atoms with E-state index < -0.39 is 10.0 Å². The molecule has 1 aliphatic rings. The third-order valence-corrected chi connectivity index (χ3v) is 7.83. The van der Waals surface area contributed by atoms with E-state index in [1.54, 1.807) is 24.3 Å². The molecule has 1 aromatic heterocycles. The van der Waals surface area contributed by atoms with Crippen molar-refractivity contribution in [3.05, 3.63) is 39.0 Å². The van der Waals surface area contributed by atoms with Crippen molar-refractivity contribution in [2.45, 2.75) is 44.1 Å². The molecule has 0 saturated carbocycles. The summed E-state index contributed by atoms with van der Waals surface area (Å²) in [4.78, 5) is 13.3. The van der Waals surface area contributed by atoms with Crippen molar-refractivity contribution in [3.8, 4) is 5.75 Å². The van der Waals surface area contributed by atoms with Crippen molar-refractivity contribution >= 4 is 48.9 Å².